The smallest absolute Gasteiger partial charge is 0.223 e. The maximum Gasteiger partial charge on any atom is 0.223 e. The first kappa shape index (κ1) is 14.5. The third-order valence-electron chi connectivity index (χ3n) is 3.48. The average molecular weight is 243 g/mol. The van der Waals surface area contributed by atoms with Crippen molar-refractivity contribution in [3.05, 3.63) is 0 Å². The predicted octanol–water partition coefficient (Wildman–Crippen LogP) is 1.42. The molecule has 4 nitrogen and oxygen atoms in total. The van der Waals surface area contributed by atoms with Crippen molar-refractivity contribution in [2.45, 2.75) is 38.5 Å². The predicted molar refractivity (Wildman–Crippen MR) is 66.7 cm³/mol. The summed E-state index contributed by atoms with van der Waals surface area (Å²) in [6.07, 6.45) is 6.84. The van der Waals surface area contributed by atoms with Gasteiger partial charge in [0.25, 0.3) is 0 Å². The normalized spacial score (nSPS) is 17.1. The number of carbonyl (C=O) groups excluding carboxylic acids is 1. The SMILES string of the molecule is COCCN(CCO)C(=O)CC1CCCCC1. The topological polar surface area (TPSA) is 49.8 Å². The van der Waals surface area contributed by atoms with Crippen molar-refractivity contribution in [3.63, 3.8) is 0 Å². The molecule has 17 heavy (non-hydrogen) atoms. The summed E-state index contributed by atoms with van der Waals surface area (Å²) in [5.74, 6) is 0.725. The zero-order valence-electron chi connectivity index (χ0n) is 10.9. The molecule has 0 spiro atoms. The van der Waals surface area contributed by atoms with Crippen LogP contribution < -0.4 is 0 Å². The molecule has 0 saturated heterocycles. The molecule has 4 heteroatoms. The fourth-order valence-corrected chi connectivity index (χ4v) is 2.45. The third kappa shape index (κ3) is 5.50. The lowest BCUT2D eigenvalue weighted by Crippen LogP contribution is -2.37. The second-order valence-corrected chi connectivity index (χ2v) is 4.81. The van der Waals surface area contributed by atoms with E-state index in [0.717, 1.165) is 0 Å². The monoisotopic (exact) mass is 243 g/mol. The van der Waals surface area contributed by atoms with Crippen molar-refractivity contribution in [2.24, 2.45) is 5.92 Å². The Morgan fingerprint density at radius 3 is 2.59 bits per heavy atom. The van der Waals surface area contributed by atoms with Crippen LogP contribution in [0.3, 0.4) is 0 Å². The van der Waals surface area contributed by atoms with Gasteiger partial charge in [-0.2, -0.15) is 0 Å². The van der Waals surface area contributed by atoms with Gasteiger partial charge < -0.3 is 14.7 Å². The molecule has 0 atom stereocenters. The number of carbonyl (C=O) groups is 1. The van der Waals surface area contributed by atoms with Gasteiger partial charge in [0.2, 0.25) is 5.91 Å². The molecule has 1 amide bonds. The minimum atomic E-state index is 0.0279. The lowest BCUT2D eigenvalue weighted by molar-refractivity contribution is -0.133. The average Bonchev–Trinajstić information content (AvgIpc) is 2.35. The number of methoxy groups -OCH3 is 1. The van der Waals surface area contributed by atoms with Gasteiger partial charge in [-0.3, -0.25) is 4.79 Å². The van der Waals surface area contributed by atoms with Gasteiger partial charge in [0.15, 0.2) is 0 Å². The standard InChI is InChI=1S/C13H25NO3/c1-17-10-8-14(7-9-15)13(16)11-12-5-3-2-4-6-12/h12,15H,2-11H2,1H3. The first-order chi connectivity index (χ1) is 8.27. The van der Waals surface area contributed by atoms with Crippen molar-refractivity contribution in [1.82, 2.24) is 4.90 Å². The number of rotatable bonds is 7. The summed E-state index contributed by atoms with van der Waals surface area (Å²) in [4.78, 5) is 13.8. The fraction of sp³-hybridized carbons (Fsp3) is 0.923. The fourth-order valence-electron chi connectivity index (χ4n) is 2.45. The van der Waals surface area contributed by atoms with Crippen LogP contribution in [0.4, 0.5) is 0 Å². The molecule has 1 rings (SSSR count). The van der Waals surface area contributed by atoms with E-state index in [2.05, 4.69) is 0 Å². The Balaban J connectivity index is 2.34. The van der Waals surface area contributed by atoms with Crippen LogP contribution in [0.5, 0.6) is 0 Å². The number of amides is 1. The first-order valence-electron chi connectivity index (χ1n) is 6.65. The molecule has 1 aliphatic rings. The molecular weight excluding hydrogens is 218 g/mol. The number of hydrogen-bond acceptors (Lipinski definition) is 3. The van der Waals surface area contributed by atoms with E-state index in [1.165, 1.54) is 32.1 Å². The Morgan fingerprint density at radius 1 is 1.29 bits per heavy atom. The molecule has 0 aliphatic heterocycles. The minimum Gasteiger partial charge on any atom is -0.395 e. The largest absolute Gasteiger partial charge is 0.395 e. The molecule has 0 bridgehead atoms. The zero-order valence-corrected chi connectivity index (χ0v) is 10.9. The Labute approximate surface area is 104 Å². The van der Waals surface area contributed by atoms with Crippen LogP contribution in [0.25, 0.3) is 0 Å². The second kappa shape index (κ2) is 8.48. The van der Waals surface area contributed by atoms with Crippen LogP contribution in [0.15, 0.2) is 0 Å². The van der Waals surface area contributed by atoms with Gasteiger partial charge in [-0.25, -0.2) is 0 Å². The van der Waals surface area contributed by atoms with Crippen LogP contribution in [0, 0.1) is 5.92 Å². The summed E-state index contributed by atoms with van der Waals surface area (Å²) in [5, 5.41) is 8.96. The van der Waals surface area contributed by atoms with Gasteiger partial charge in [0, 0.05) is 26.6 Å². The van der Waals surface area contributed by atoms with Crippen LogP contribution in [-0.4, -0.2) is 49.3 Å². The van der Waals surface area contributed by atoms with E-state index in [1.807, 2.05) is 0 Å². The lowest BCUT2D eigenvalue weighted by atomic mass is 9.86. The quantitative estimate of drug-likeness (QED) is 0.736. The molecule has 1 saturated carbocycles. The number of nitrogens with zero attached hydrogens (tertiary/aromatic N) is 1. The van der Waals surface area contributed by atoms with Crippen LogP contribution >= 0.6 is 0 Å². The Hall–Kier alpha value is -0.610. The van der Waals surface area contributed by atoms with Crippen LogP contribution in [0.2, 0.25) is 0 Å². The molecular formula is C13H25NO3. The van der Waals surface area contributed by atoms with Crippen molar-refractivity contribution in [3.8, 4) is 0 Å². The van der Waals surface area contributed by atoms with Crippen molar-refractivity contribution < 1.29 is 14.6 Å². The van der Waals surface area contributed by atoms with Gasteiger partial charge in [0.05, 0.1) is 13.2 Å². The maximum absolute atomic E-state index is 12.1. The summed E-state index contributed by atoms with van der Waals surface area (Å²) in [6.45, 7) is 1.58. The molecule has 0 aromatic carbocycles. The van der Waals surface area contributed by atoms with Gasteiger partial charge >= 0.3 is 0 Å². The van der Waals surface area contributed by atoms with Gasteiger partial charge in [-0.05, 0) is 18.8 Å². The number of ether oxygens (including phenoxy) is 1. The maximum atomic E-state index is 12.1. The summed E-state index contributed by atoms with van der Waals surface area (Å²) in [7, 11) is 1.63. The van der Waals surface area contributed by atoms with Crippen LogP contribution in [-0.2, 0) is 9.53 Å². The first-order valence-corrected chi connectivity index (χ1v) is 6.65. The lowest BCUT2D eigenvalue weighted by Gasteiger charge is -2.26. The highest BCUT2D eigenvalue weighted by Gasteiger charge is 2.20. The molecule has 0 radical (unpaired) electrons. The zero-order chi connectivity index (χ0) is 12.5. The molecule has 0 aromatic heterocycles. The molecule has 0 aromatic rings. The van der Waals surface area contributed by atoms with Gasteiger partial charge in [0.1, 0.15) is 0 Å². The second-order valence-electron chi connectivity index (χ2n) is 4.81. The summed E-state index contributed by atoms with van der Waals surface area (Å²) < 4.78 is 4.98. The van der Waals surface area contributed by atoms with Gasteiger partial charge in [-0.1, -0.05) is 19.3 Å². The highest BCUT2D eigenvalue weighted by Crippen LogP contribution is 2.26. The van der Waals surface area contributed by atoms with E-state index in [9.17, 15) is 4.79 Å². The van der Waals surface area contributed by atoms with Crippen molar-refractivity contribution in [2.75, 3.05) is 33.4 Å². The van der Waals surface area contributed by atoms with Gasteiger partial charge in [-0.15, -0.1) is 0 Å². The van der Waals surface area contributed by atoms with Crippen molar-refractivity contribution in [1.29, 1.82) is 0 Å². The van der Waals surface area contributed by atoms with E-state index in [-0.39, 0.29) is 12.5 Å². The van der Waals surface area contributed by atoms with E-state index in [0.29, 0.717) is 32.0 Å². The Morgan fingerprint density at radius 2 is 2.00 bits per heavy atom. The third-order valence-corrected chi connectivity index (χ3v) is 3.48. The Kier molecular flexibility index (Phi) is 7.21. The summed E-state index contributed by atoms with van der Waals surface area (Å²) >= 11 is 0. The highest BCUT2D eigenvalue weighted by molar-refractivity contribution is 5.76. The summed E-state index contributed by atoms with van der Waals surface area (Å²) in [5.41, 5.74) is 0. The molecule has 0 unspecified atom stereocenters. The number of aliphatic hydroxyl groups is 1. The van der Waals surface area contributed by atoms with Crippen molar-refractivity contribution >= 4 is 5.91 Å². The van der Waals surface area contributed by atoms with Crippen LogP contribution in [0.1, 0.15) is 38.5 Å². The van der Waals surface area contributed by atoms with E-state index < -0.39 is 0 Å². The van der Waals surface area contributed by atoms with E-state index in [4.69, 9.17) is 9.84 Å². The highest BCUT2D eigenvalue weighted by atomic mass is 16.5. The number of aliphatic hydroxyl groups excluding tert-OH is 1. The molecule has 1 N–H and O–H groups in total. The van der Waals surface area contributed by atoms with E-state index >= 15 is 0 Å². The minimum absolute atomic E-state index is 0.0279. The molecule has 1 fully saturated rings. The van der Waals surface area contributed by atoms with E-state index in [1.54, 1.807) is 12.0 Å². The number of hydrogen-bond donors (Lipinski definition) is 1. The Bertz CT molecular complexity index is 215. The molecule has 1 aliphatic carbocycles. The molecule has 100 valence electrons. The summed E-state index contributed by atoms with van der Waals surface area (Å²) in [6, 6.07) is 0. The molecule has 0 heterocycles.